The number of nitrogens with one attached hydrogen (secondary N) is 2. The standard InChI is InChI=1S/C19H17FN2O2S/c1-2-21-18(23)9-24-12-4-5-13-17(8-12)25-10-15-14-7-11(20)3-6-16(14)22-19(13)15/h3-8,22H,2,9-10H2,1H3,(H,21,23). The van der Waals surface area contributed by atoms with Crippen LogP contribution < -0.4 is 10.1 Å². The Kier molecular flexibility index (Phi) is 4.13. The second kappa shape index (κ2) is 6.44. The van der Waals surface area contributed by atoms with Gasteiger partial charge in [0.15, 0.2) is 6.61 Å². The van der Waals surface area contributed by atoms with Crippen molar-refractivity contribution in [2.24, 2.45) is 0 Å². The van der Waals surface area contributed by atoms with Crippen LogP contribution in [0.15, 0.2) is 41.3 Å². The lowest BCUT2D eigenvalue weighted by Gasteiger charge is -2.17. The van der Waals surface area contributed by atoms with Crippen molar-refractivity contribution in [2.75, 3.05) is 13.2 Å². The highest BCUT2D eigenvalue weighted by Gasteiger charge is 2.22. The molecule has 1 aromatic heterocycles. The van der Waals surface area contributed by atoms with E-state index in [-0.39, 0.29) is 18.3 Å². The number of halogens is 1. The summed E-state index contributed by atoms with van der Waals surface area (Å²) in [6.45, 7) is 2.47. The zero-order valence-electron chi connectivity index (χ0n) is 13.7. The quantitative estimate of drug-likeness (QED) is 0.740. The Morgan fingerprint density at radius 2 is 2.20 bits per heavy atom. The highest BCUT2D eigenvalue weighted by molar-refractivity contribution is 7.98. The van der Waals surface area contributed by atoms with Gasteiger partial charge in [0.2, 0.25) is 0 Å². The van der Waals surface area contributed by atoms with Gasteiger partial charge in [-0.05, 0) is 48.9 Å². The van der Waals surface area contributed by atoms with E-state index in [1.807, 2.05) is 25.1 Å². The molecular weight excluding hydrogens is 339 g/mol. The van der Waals surface area contributed by atoms with Crippen LogP contribution in [0.4, 0.5) is 4.39 Å². The molecule has 0 atom stereocenters. The number of carbonyl (C=O) groups is 1. The first-order valence-electron chi connectivity index (χ1n) is 8.12. The zero-order chi connectivity index (χ0) is 17.4. The first-order chi connectivity index (χ1) is 12.2. The number of H-pyrrole nitrogens is 1. The molecule has 128 valence electrons. The first-order valence-corrected chi connectivity index (χ1v) is 9.11. The predicted molar refractivity (Wildman–Crippen MR) is 97.4 cm³/mol. The van der Waals surface area contributed by atoms with Crippen molar-refractivity contribution in [1.82, 2.24) is 10.3 Å². The van der Waals surface area contributed by atoms with Crippen LogP contribution in [-0.4, -0.2) is 24.0 Å². The van der Waals surface area contributed by atoms with Crippen LogP contribution in [0.25, 0.3) is 22.2 Å². The predicted octanol–water partition coefficient (Wildman–Crippen LogP) is 4.09. The minimum atomic E-state index is -0.223. The molecular formula is C19H17FN2O2S. The molecule has 0 aliphatic carbocycles. The molecule has 0 unspecified atom stereocenters. The smallest absolute Gasteiger partial charge is 0.257 e. The lowest BCUT2D eigenvalue weighted by Crippen LogP contribution is -2.28. The second-order valence-corrected chi connectivity index (χ2v) is 6.87. The fourth-order valence-corrected chi connectivity index (χ4v) is 4.19. The van der Waals surface area contributed by atoms with Gasteiger partial charge in [0.1, 0.15) is 11.6 Å². The highest BCUT2D eigenvalue weighted by atomic mass is 32.2. The van der Waals surface area contributed by atoms with E-state index in [4.69, 9.17) is 4.74 Å². The van der Waals surface area contributed by atoms with Crippen LogP contribution in [0, 0.1) is 5.82 Å². The molecule has 1 aliphatic rings. The molecule has 2 N–H and O–H groups in total. The van der Waals surface area contributed by atoms with E-state index in [1.165, 1.54) is 6.07 Å². The fourth-order valence-electron chi connectivity index (χ4n) is 3.07. The third-order valence-corrected chi connectivity index (χ3v) is 5.29. The van der Waals surface area contributed by atoms with Crippen LogP contribution in [0.1, 0.15) is 12.5 Å². The maximum Gasteiger partial charge on any atom is 0.257 e. The number of hydrogen-bond acceptors (Lipinski definition) is 3. The molecule has 0 saturated heterocycles. The Balaban J connectivity index is 1.65. The number of fused-ring (bicyclic) bond motifs is 5. The fraction of sp³-hybridized carbons (Fsp3) is 0.211. The largest absolute Gasteiger partial charge is 0.484 e. The molecule has 3 aromatic rings. The van der Waals surface area contributed by atoms with Crippen LogP contribution >= 0.6 is 11.8 Å². The molecule has 2 aromatic carbocycles. The number of ether oxygens (including phenoxy) is 1. The average molecular weight is 356 g/mol. The van der Waals surface area contributed by atoms with E-state index < -0.39 is 0 Å². The van der Waals surface area contributed by atoms with E-state index in [9.17, 15) is 9.18 Å². The maximum absolute atomic E-state index is 13.6. The minimum Gasteiger partial charge on any atom is -0.484 e. The van der Waals surface area contributed by atoms with Gasteiger partial charge in [0, 0.05) is 33.7 Å². The summed E-state index contributed by atoms with van der Waals surface area (Å²) in [6, 6.07) is 10.6. The Morgan fingerprint density at radius 1 is 1.32 bits per heavy atom. The number of rotatable bonds is 4. The van der Waals surface area contributed by atoms with Gasteiger partial charge < -0.3 is 15.0 Å². The van der Waals surface area contributed by atoms with Crippen LogP contribution in [0.3, 0.4) is 0 Å². The topological polar surface area (TPSA) is 54.1 Å². The number of likely N-dealkylation sites (N-methyl/N-ethyl adjacent to an activating group) is 1. The van der Waals surface area contributed by atoms with Crippen molar-refractivity contribution in [1.29, 1.82) is 0 Å². The minimum absolute atomic E-state index is 0.00814. The lowest BCUT2D eigenvalue weighted by molar-refractivity contribution is -0.122. The molecule has 6 heteroatoms. The van der Waals surface area contributed by atoms with E-state index in [1.54, 1.807) is 23.9 Å². The number of amides is 1. The van der Waals surface area contributed by atoms with Gasteiger partial charge >= 0.3 is 0 Å². The summed E-state index contributed by atoms with van der Waals surface area (Å²) in [5.74, 6) is 1.08. The third-order valence-electron chi connectivity index (χ3n) is 4.21. The van der Waals surface area contributed by atoms with Gasteiger partial charge in [-0.15, -0.1) is 11.8 Å². The average Bonchev–Trinajstić information content (AvgIpc) is 2.98. The second-order valence-electron chi connectivity index (χ2n) is 5.86. The monoisotopic (exact) mass is 356 g/mol. The zero-order valence-corrected chi connectivity index (χ0v) is 14.5. The Morgan fingerprint density at radius 3 is 3.04 bits per heavy atom. The number of aromatic nitrogens is 1. The van der Waals surface area contributed by atoms with Gasteiger partial charge in [-0.1, -0.05) is 0 Å². The van der Waals surface area contributed by atoms with E-state index in [2.05, 4.69) is 10.3 Å². The van der Waals surface area contributed by atoms with Gasteiger partial charge in [0.25, 0.3) is 5.91 Å². The molecule has 1 aliphatic heterocycles. The van der Waals surface area contributed by atoms with Crippen molar-refractivity contribution >= 4 is 28.6 Å². The summed E-state index contributed by atoms with van der Waals surface area (Å²) in [5, 5.41) is 3.64. The van der Waals surface area contributed by atoms with Crippen LogP contribution in [-0.2, 0) is 10.5 Å². The van der Waals surface area contributed by atoms with Crippen molar-refractivity contribution in [3.05, 3.63) is 47.8 Å². The molecule has 4 rings (SSSR count). The van der Waals surface area contributed by atoms with E-state index in [0.717, 1.165) is 38.4 Å². The van der Waals surface area contributed by atoms with Crippen LogP contribution in [0.2, 0.25) is 0 Å². The lowest BCUT2D eigenvalue weighted by atomic mass is 10.1. The summed E-state index contributed by atoms with van der Waals surface area (Å²) < 4.78 is 19.1. The molecule has 1 amide bonds. The molecule has 2 heterocycles. The molecule has 4 nitrogen and oxygen atoms in total. The normalized spacial score (nSPS) is 12.6. The third kappa shape index (κ3) is 2.98. The summed E-state index contributed by atoms with van der Waals surface area (Å²) >= 11 is 1.69. The molecule has 25 heavy (non-hydrogen) atoms. The number of thioether (sulfide) groups is 1. The van der Waals surface area contributed by atoms with Crippen molar-refractivity contribution < 1.29 is 13.9 Å². The Hall–Kier alpha value is -2.47. The highest BCUT2D eigenvalue weighted by Crippen LogP contribution is 2.45. The molecule has 0 saturated carbocycles. The van der Waals surface area contributed by atoms with Crippen molar-refractivity contribution in [2.45, 2.75) is 17.6 Å². The summed E-state index contributed by atoms with van der Waals surface area (Å²) in [5.41, 5.74) is 4.18. The van der Waals surface area contributed by atoms with Gasteiger partial charge in [-0.3, -0.25) is 4.79 Å². The Bertz CT molecular complexity index is 967. The maximum atomic E-state index is 13.6. The van der Waals surface area contributed by atoms with Gasteiger partial charge in [0.05, 0.1) is 5.69 Å². The van der Waals surface area contributed by atoms with Gasteiger partial charge in [-0.25, -0.2) is 4.39 Å². The number of benzene rings is 2. The first kappa shape index (κ1) is 16.0. The van der Waals surface area contributed by atoms with Gasteiger partial charge in [-0.2, -0.15) is 0 Å². The van der Waals surface area contributed by atoms with E-state index >= 15 is 0 Å². The molecule has 0 fully saturated rings. The van der Waals surface area contributed by atoms with Crippen LogP contribution in [0.5, 0.6) is 5.75 Å². The SMILES string of the molecule is CCNC(=O)COc1ccc2c(c1)SCc1c-2[nH]c2ccc(F)cc12. The number of carbonyl (C=O) groups excluding carboxylic acids is 1. The molecule has 0 spiro atoms. The van der Waals surface area contributed by atoms with E-state index in [0.29, 0.717) is 12.3 Å². The summed E-state index contributed by atoms with van der Waals surface area (Å²) in [7, 11) is 0. The molecule has 0 radical (unpaired) electrons. The van der Waals surface area contributed by atoms with Crippen molar-refractivity contribution in [3.8, 4) is 17.0 Å². The number of hydrogen-bond donors (Lipinski definition) is 2. The molecule has 0 bridgehead atoms. The Labute approximate surface area is 148 Å². The number of aromatic amines is 1. The summed E-state index contributed by atoms with van der Waals surface area (Å²) in [6.07, 6.45) is 0. The van der Waals surface area contributed by atoms with Crippen molar-refractivity contribution in [3.63, 3.8) is 0 Å². The summed E-state index contributed by atoms with van der Waals surface area (Å²) in [4.78, 5) is 16.0.